The molecule has 6 nitrogen and oxygen atoms in total. The van der Waals surface area contributed by atoms with Gasteiger partial charge in [0.25, 0.3) is 0 Å². The second-order valence-corrected chi connectivity index (χ2v) is 9.00. The van der Waals surface area contributed by atoms with E-state index in [2.05, 4.69) is 28.8 Å². The number of benzene rings is 3. The van der Waals surface area contributed by atoms with Gasteiger partial charge in [-0.15, -0.1) is 12.4 Å². The molecule has 0 aromatic heterocycles. The summed E-state index contributed by atoms with van der Waals surface area (Å²) >= 11 is 0. The summed E-state index contributed by atoms with van der Waals surface area (Å²) in [5.41, 5.74) is 6.53. The lowest BCUT2D eigenvalue weighted by molar-refractivity contribution is -0.137. The molecule has 0 spiro atoms. The third kappa shape index (κ3) is 5.34. The molecule has 3 aromatic rings. The van der Waals surface area contributed by atoms with Crippen LogP contribution in [-0.4, -0.2) is 36.7 Å². The Kier molecular flexibility index (Phi) is 7.73. The third-order valence-corrected chi connectivity index (χ3v) is 6.89. The van der Waals surface area contributed by atoms with Crippen LogP contribution in [0.5, 0.6) is 0 Å². The Morgan fingerprint density at radius 1 is 0.943 bits per heavy atom. The predicted molar refractivity (Wildman–Crippen MR) is 140 cm³/mol. The quantitative estimate of drug-likeness (QED) is 0.468. The Labute approximate surface area is 211 Å². The van der Waals surface area contributed by atoms with Crippen molar-refractivity contribution in [1.82, 2.24) is 10.6 Å². The highest BCUT2D eigenvalue weighted by Gasteiger charge is 2.33. The van der Waals surface area contributed by atoms with E-state index in [0.717, 1.165) is 48.3 Å². The van der Waals surface area contributed by atoms with Crippen LogP contribution in [0, 0.1) is 0 Å². The van der Waals surface area contributed by atoms with E-state index in [0.29, 0.717) is 6.54 Å². The second-order valence-electron chi connectivity index (χ2n) is 9.00. The van der Waals surface area contributed by atoms with Crippen LogP contribution < -0.4 is 15.5 Å². The number of nitrogens with one attached hydrogen (secondary N) is 2. The zero-order valence-corrected chi connectivity index (χ0v) is 20.3. The van der Waals surface area contributed by atoms with Crippen molar-refractivity contribution in [3.63, 3.8) is 0 Å². The van der Waals surface area contributed by atoms with E-state index < -0.39 is 5.97 Å². The van der Waals surface area contributed by atoms with Gasteiger partial charge in [-0.05, 0) is 65.9 Å². The van der Waals surface area contributed by atoms with E-state index >= 15 is 0 Å². The van der Waals surface area contributed by atoms with Crippen molar-refractivity contribution in [3.8, 4) is 0 Å². The molecule has 2 atom stereocenters. The van der Waals surface area contributed by atoms with E-state index in [1.165, 1.54) is 11.1 Å². The van der Waals surface area contributed by atoms with Gasteiger partial charge in [-0.2, -0.15) is 0 Å². The van der Waals surface area contributed by atoms with Crippen LogP contribution in [0.15, 0.2) is 72.8 Å². The number of rotatable bonds is 6. The minimum absolute atomic E-state index is 0. The van der Waals surface area contributed by atoms with Crippen molar-refractivity contribution >= 4 is 30.1 Å². The van der Waals surface area contributed by atoms with Crippen LogP contribution in [-0.2, 0) is 17.6 Å². The number of fused-ring (bicyclic) bond motifs is 1. The Hall–Kier alpha value is -3.35. The predicted octanol–water partition coefficient (Wildman–Crippen LogP) is 4.67. The van der Waals surface area contributed by atoms with Crippen molar-refractivity contribution in [2.45, 2.75) is 31.2 Å². The fourth-order valence-electron chi connectivity index (χ4n) is 5.11. The first kappa shape index (κ1) is 24.8. The highest BCUT2D eigenvalue weighted by molar-refractivity contribution is 5.95. The number of anilines is 1. The van der Waals surface area contributed by atoms with Crippen LogP contribution in [0.25, 0.3) is 0 Å². The Bertz CT molecular complexity index is 1180. The summed E-state index contributed by atoms with van der Waals surface area (Å²) in [5, 5.41) is 15.9. The third-order valence-electron chi connectivity index (χ3n) is 6.89. The maximum atomic E-state index is 12.8. The molecule has 2 amide bonds. The maximum absolute atomic E-state index is 12.8. The average molecular weight is 492 g/mol. The van der Waals surface area contributed by atoms with Gasteiger partial charge in [-0.3, -0.25) is 9.69 Å². The van der Waals surface area contributed by atoms with Crippen LogP contribution in [0.3, 0.4) is 0 Å². The number of nitrogens with zero attached hydrogens (tertiary/aromatic N) is 1. The molecule has 2 aliphatic rings. The minimum Gasteiger partial charge on any atom is -0.481 e. The van der Waals surface area contributed by atoms with Crippen LogP contribution in [0.4, 0.5) is 10.5 Å². The average Bonchev–Trinajstić information content (AvgIpc) is 3.08. The number of carbonyl (C=O) groups excluding carboxylic acids is 1. The first-order valence-corrected chi connectivity index (χ1v) is 11.9. The van der Waals surface area contributed by atoms with Gasteiger partial charge < -0.3 is 15.7 Å². The van der Waals surface area contributed by atoms with E-state index in [1.54, 1.807) is 0 Å². The van der Waals surface area contributed by atoms with E-state index in [-0.39, 0.29) is 36.8 Å². The molecule has 0 aliphatic carbocycles. The summed E-state index contributed by atoms with van der Waals surface area (Å²) in [6.07, 6.45) is 2.00. The molecule has 35 heavy (non-hydrogen) atoms. The lowest BCUT2D eigenvalue weighted by atomic mass is 9.87. The first-order valence-electron chi connectivity index (χ1n) is 11.9. The Morgan fingerprint density at radius 2 is 1.63 bits per heavy atom. The molecule has 3 aromatic carbocycles. The Balaban J connectivity index is 0.00000289. The van der Waals surface area contributed by atoms with Gasteiger partial charge in [0.1, 0.15) is 0 Å². The first-order chi connectivity index (χ1) is 16.6. The van der Waals surface area contributed by atoms with Crippen LogP contribution >= 0.6 is 12.4 Å². The molecule has 5 rings (SSSR count). The molecule has 3 N–H and O–H groups in total. The number of carbonyl (C=O) groups is 2. The summed E-state index contributed by atoms with van der Waals surface area (Å²) in [7, 11) is 0. The van der Waals surface area contributed by atoms with Crippen LogP contribution in [0.1, 0.15) is 46.2 Å². The highest BCUT2D eigenvalue weighted by atomic mass is 35.5. The molecule has 0 radical (unpaired) electrons. The number of amides is 2. The lowest BCUT2D eigenvalue weighted by Crippen LogP contribution is -2.29. The largest absolute Gasteiger partial charge is 0.481 e. The fourth-order valence-corrected chi connectivity index (χ4v) is 5.11. The molecule has 2 aliphatic heterocycles. The monoisotopic (exact) mass is 491 g/mol. The molecule has 182 valence electrons. The van der Waals surface area contributed by atoms with Gasteiger partial charge in [0.05, 0.1) is 12.5 Å². The van der Waals surface area contributed by atoms with Crippen molar-refractivity contribution in [2.24, 2.45) is 0 Å². The highest BCUT2D eigenvalue weighted by Crippen LogP contribution is 2.34. The molecule has 2 heterocycles. The summed E-state index contributed by atoms with van der Waals surface area (Å²) < 4.78 is 0. The summed E-state index contributed by atoms with van der Waals surface area (Å²) in [5.74, 6) is -1.04. The van der Waals surface area contributed by atoms with E-state index in [1.807, 2.05) is 59.5 Å². The summed E-state index contributed by atoms with van der Waals surface area (Å²) in [6, 6.07) is 23.9. The SMILES string of the molecule is Cl.O=C(O)CC(c1ccccc1)c1ccc(C2CNC(=O)N2c2ccc3c(c2)CCNCC3)cc1. The number of carboxylic acid groups (broad SMARTS) is 1. The van der Waals surface area contributed by atoms with Crippen LogP contribution in [0.2, 0.25) is 0 Å². The smallest absolute Gasteiger partial charge is 0.322 e. The van der Waals surface area contributed by atoms with Crippen molar-refractivity contribution in [3.05, 3.63) is 101 Å². The normalized spacial score (nSPS) is 18.1. The van der Waals surface area contributed by atoms with Gasteiger partial charge in [-0.25, -0.2) is 4.79 Å². The van der Waals surface area contributed by atoms with Crippen molar-refractivity contribution in [2.75, 3.05) is 24.5 Å². The topological polar surface area (TPSA) is 81.7 Å². The van der Waals surface area contributed by atoms with Gasteiger partial charge in [0, 0.05) is 18.2 Å². The lowest BCUT2D eigenvalue weighted by Gasteiger charge is -2.25. The Morgan fingerprint density at radius 3 is 2.34 bits per heavy atom. The minimum atomic E-state index is -0.826. The summed E-state index contributed by atoms with van der Waals surface area (Å²) in [4.78, 5) is 26.2. The number of carboxylic acids is 1. The van der Waals surface area contributed by atoms with Gasteiger partial charge in [0.15, 0.2) is 0 Å². The van der Waals surface area contributed by atoms with Gasteiger partial charge in [-0.1, -0.05) is 60.7 Å². The summed E-state index contributed by atoms with van der Waals surface area (Å²) in [6.45, 7) is 2.47. The van der Waals surface area contributed by atoms with E-state index in [9.17, 15) is 14.7 Å². The molecule has 2 unspecified atom stereocenters. The number of hydrogen-bond donors (Lipinski definition) is 3. The zero-order valence-electron chi connectivity index (χ0n) is 19.4. The van der Waals surface area contributed by atoms with Gasteiger partial charge in [0.2, 0.25) is 0 Å². The fraction of sp³-hybridized carbons (Fsp3) is 0.286. The van der Waals surface area contributed by atoms with Gasteiger partial charge >= 0.3 is 12.0 Å². The molecular weight excluding hydrogens is 462 g/mol. The zero-order chi connectivity index (χ0) is 23.5. The molecule has 1 saturated heterocycles. The number of urea groups is 1. The molecular formula is C28H30ClN3O3. The number of halogens is 1. The van der Waals surface area contributed by atoms with Crippen molar-refractivity contribution in [1.29, 1.82) is 0 Å². The number of hydrogen-bond acceptors (Lipinski definition) is 3. The van der Waals surface area contributed by atoms with Crippen molar-refractivity contribution < 1.29 is 14.7 Å². The standard InChI is InChI=1S/C28H29N3O3.ClH/c32-27(33)17-25(20-4-2-1-3-5-20)21-6-8-22(9-7-21)26-18-30-28(34)31(26)24-11-10-19-12-14-29-15-13-23(19)16-24;/h1-11,16,25-26,29H,12-15,17-18H2,(H,30,34)(H,32,33);1H. The molecule has 1 fully saturated rings. The second kappa shape index (κ2) is 10.9. The maximum Gasteiger partial charge on any atom is 0.322 e. The molecule has 0 bridgehead atoms. The van der Waals surface area contributed by atoms with E-state index in [4.69, 9.17) is 0 Å². The molecule has 0 saturated carbocycles. The molecule has 7 heteroatoms. The number of aliphatic carboxylic acids is 1.